The Bertz CT molecular complexity index is 975. The third-order valence-electron chi connectivity index (χ3n) is 4.56. The number of carbonyl (C=O) groups is 2. The van der Waals surface area contributed by atoms with Gasteiger partial charge in [0.15, 0.2) is 6.10 Å². The molecule has 2 aromatic carbocycles. The van der Waals surface area contributed by atoms with E-state index in [9.17, 15) is 19.7 Å². The van der Waals surface area contributed by atoms with Crippen LogP contribution in [-0.4, -0.2) is 36.5 Å². The normalized spacial score (nSPS) is 15.3. The van der Waals surface area contributed by atoms with E-state index in [1.165, 1.54) is 30.2 Å². The molecule has 1 aliphatic rings. The van der Waals surface area contributed by atoms with Crippen LogP contribution in [0.3, 0.4) is 0 Å². The molecule has 29 heavy (non-hydrogen) atoms. The van der Waals surface area contributed by atoms with Crippen molar-refractivity contribution in [1.82, 2.24) is 0 Å². The first-order valence-electron chi connectivity index (χ1n) is 9.05. The first kappa shape index (κ1) is 20.1. The number of amides is 2. The summed E-state index contributed by atoms with van der Waals surface area (Å²) in [6, 6.07) is 9.32. The lowest BCUT2D eigenvalue weighted by molar-refractivity contribution is -0.384. The van der Waals surface area contributed by atoms with Crippen molar-refractivity contribution in [3.63, 3.8) is 0 Å². The van der Waals surface area contributed by atoms with Crippen LogP contribution < -0.4 is 19.7 Å². The van der Waals surface area contributed by atoms with Gasteiger partial charge < -0.3 is 14.8 Å². The van der Waals surface area contributed by atoms with Crippen LogP contribution in [0.4, 0.5) is 17.1 Å². The van der Waals surface area contributed by atoms with Crippen molar-refractivity contribution in [2.24, 2.45) is 0 Å². The van der Waals surface area contributed by atoms with Crippen molar-refractivity contribution < 1.29 is 24.0 Å². The smallest absolute Gasteiger partial charge is 0.271 e. The Balaban J connectivity index is 1.90. The van der Waals surface area contributed by atoms with Crippen LogP contribution in [0.25, 0.3) is 0 Å². The molecule has 0 bridgehead atoms. The number of hydrogen-bond donors (Lipinski definition) is 1. The van der Waals surface area contributed by atoms with Crippen molar-refractivity contribution in [1.29, 1.82) is 0 Å². The summed E-state index contributed by atoms with van der Waals surface area (Å²) in [5.41, 5.74) is 1.40. The molecule has 0 aliphatic carbocycles. The summed E-state index contributed by atoms with van der Waals surface area (Å²) >= 11 is 0. The molecule has 2 aromatic rings. The molecule has 1 N–H and O–H groups in total. The van der Waals surface area contributed by atoms with Gasteiger partial charge in [0.1, 0.15) is 18.0 Å². The van der Waals surface area contributed by atoms with E-state index in [2.05, 4.69) is 5.32 Å². The lowest BCUT2D eigenvalue weighted by Crippen LogP contribution is -2.48. The number of non-ortho nitro benzene ring substituents is 1. The van der Waals surface area contributed by atoms with Crippen LogP contribution in [-0.2, 0) is 9.59 Å². The fourth-order valence-electron chi connectivity index (χ4n) is 3.10. The zero-order chi connectivity index (χ0) is 21.1. The summed E-state index contributed by atoms with van der Waals surface area (Å²) in [5, 5.41) is 13.9. The molecule has 0 radical (unpaired) electrons. The van der Waals surface area contributed by atoms with Crippen molar-refractivity contribution in [2.45, 2.75) is 26.4 Å². The molecule has 0 aromatic heterocycles. The molecule has 2 amide bonds. The second kappa shape index (κ2) is 8.17. The maximum atomic E-state index is 12.8. The number of nitrogens with one attached hydrogen (secondary N) is 1. The molecule has 1 aliphatic heterocycles. The highest BCUT2D eigenvalue weighted by atomic mass is 16.6. The lowest BCUT2D eigenvalue weighted by Gasteiger charge is -2.33. The van der Waals surface area contributed by atoms with E-state index in [1.54, 1.807) is 19.1 Å². The van der Waals surface area contributed by atoms with E-state index in [4.69, 9.17) is 9.47 Å². The molecule has 0 fully saturated rings. The summed E-state index contributed by atoms with van der Waals surface area (Å²) in [6.07, 6.45) is -0.357. The largest absolute Gasteiger partial charge is 0.495 e. The molecule has 9 heteroatoms. The SMILES string of the molecule is CCC1Oc2ccc([N+](=O)[O-])cc2N(CC(=O)Nc2cc(C)ccc2OC)C1=O. The maximum absolute atomic E-state index is 12.8. The first-order valence-corrected chi connectivity index (χ1v) is 9.05. The van der Waals surface area contributed by atoms with Gasteiger partial charge in [0.2, 0.25) is 5.91 Å². The van der Waals surface area contributed by atoms with Gasteiger partial charge in [0, 0.05) is 12.1 Å². The minimum Gasteiger partial charge on any atom is -0.495 e. The molecule has 0 spiro atoms. The number of hydrogen-bond acceptors (Lipinski definition) is 6. The van der Waals surface area contributed by atoms with Gasteiger partial charge in [-0.15, -0.1) is 0 Å². The highest BCUT2D eigenvalue weighted by Crippen LogP contribution is 2.37. The summed E-state index contributed by atoms with van der Waals surface area (Å²) in [7, 11) is 1.49. The minimum absolute atomic E-state index is 0.194. The van der Waals surface area contributed by atoms with Gasteiger partial charge in [0.05, 0.1) is 23.4 Å². The summed E-state index contributed by atoms with van der Waals surface area (Å²) < 4.78 is 10.9. The average molecular weight is 399 g/mol. The predicted molar refractivity (Wildman–Crippen MR) is 107 cm³/mol. The van der Waals surface area contributed by atoms with E-state index in [1.807, 2.05) is 13.0 Å². The number of carbonyl (C=O) groups excluding carboxylic acids is 2. The number of ether oxygens (including phenoxy) is 2. The maximum Gasteiger partial charge on any atom is 0.271 e. The van der Waals surface area contributed by atoms with Gasteiger partial charge >= 0.3 is 0 Å². The zero-order valence-corrected chi connectivity index (χ0v) is 16.3. The molecule has 1 heterocycles. The van der Waals surface area contributed by atoms with Gasteiger partial charge in [-0.25, -0.2) is 0 Å². The van der Waals surface area contributed by atoms with E-state index >= 15 is 0 Å². The van der Waals surface area contributed by atoms with Crippen molar-refractivity contribution in [3.05, 3.63) is 52.1 Å². The zero-order valence-electron chi connectivity index (χ0n) is 16.3. The highest BCUT2D eigenvalue weighted by Gasteiger charge is 2.35. The Morgan fingerprint density at radius 1 is 1.31 bits per heavy atom. The number of benzene rings is 2. The van der Waals surface area contributed by atoms with E-state index in [-0.39, 0.29) is 17.9 Å². The fourth-order valence-corrected chi connectivity index (χ4v) is 3.10. The second-order valence-corrected chi connectivity index (χ2v) is 6.60. The van der Waals surface area contributed by atoms with Crippen LogP contribution in [0.2, 0.25) is 0 Å². The first-order chi connectivity index (χ1) is 13.8. The Morgan fingerprint density at radius 2 is 2.07 bits per heavy atom. The van der Waals surface area contributed by atoms with E-state index in [0.29, 0.717) is 23.6 Å². The third-order valence-corrected chi connectivity index (χ3v) is 4.56. The van der Waals surface area contributed by atoms with Crippen LogP contribution in [0.5, 0.6) is 11.5 Å². The van der Waals surface area contributed by atoms with E-state index < -0.39 is 22.8 Å². The van der Waals surface area contributed by atoms with Gasteiger partial charge in [-0.05, 0) is 37.1 Å². The Kier molecular flexibility index (Phi) is 5.67. The number of nitro groups is 1. The number of aryl methyl sites for hydroxylation is 1. The monoisotopic (exact) mass is 399 g/mol. The predicted octanol–water partition coefficient (Wildman–Crippen LogP) is 3.05. The van der Waals surface area contributed by atoms with Crippen LogP contribution >= 0.6 is 0 Å². The second-order valence-electron chi connectivity index (χ2n) is 6.60. The molecule has 0 saturated heterocycles. The fraction of sp³-hybridized carbons (Fsp3) is 0.300. The average Bonchev–Trinajstić information content (AvgIpc) is 2.69. The highest BCUT2D eigenvalue weighted by molar-refractivity contribution is 6.06. The molecular formula is C20H21N3O6. The number of nitro benzene ring substituents is 1. The van der Waals surface area contributed by atoms with Crippen LogP contribution in [0.15, 0.2) is 36.4 Å². The summed E-state index contributed by atoms with van der Waals surface area (Å²) in [6.45, 7) is 3.35. The minimum atomic E-state index is -0.759. The molecule has 1 atom stereocenters. The number of anilines is 2. The number of methoxy groups -OCH3 is 1. The Morgan fingerprint density at radius 3 is 2.72 bits per heavy atom. The summed E-state index contributed by atoms with van der Waals surface area (Å²) in [4.78, 5) is 37.3. The van der Waals surface area contributed by atoms with Crippen LogP contribution in [0, 0.1) is 17.0 Å². The third kappa shape index (κ3) is 4.13. The molecular weight excluding hydrogens is 378 g/mol. The van der Waals surface area contributed by atoms with Gasteiger partial charge in [-0.2, -0.15) is 0 Å². The Hall–Kier alpha value is -3.62. The topological polar surface area (TPSA) is 111 Å². The molecule has 3 rings (SSSR count). The lowest BCUT2D eigenvalue weighted by atomic mass is 10.1. The number of rotatable bonds is 6. The standard InChI is InChI=1S/C20H21N3O6/c1-4-16-20(25)22(15-10-13(23(26)27)6-8-18(15)29-16)11-19(24)21-14-9-12(2)5-7-17(14)28-3/h5-10,16H,4,11H2,1-3H3,(H,21,24). The molecule has 0 saturated carbocycles. The van der Waals surface area contributed by atoms with E-state index in [0.717, 1.165) is 5.56 Å². The molecule has 152 valence electrons. The van der Waals surface area contributed by atoms with Gasteiger partial charge in [0.25, 0.3) is 11.6 Å². The Labute approximate surface area is 167 Å². The molecule has 1 unspecified atom stereocenters. The van der Waals surface area contributed by atoms with Crippen LogP contribution in [0.1, 0.15) is 18.9 Å². The van der Waals surface area contributed by atoms with Crippen molar-refractivity contribution in [2.75, 3.05) is 23.9 Å². The van der Waals surface area contributed by atoms with Gasteiger partial charge in [-0.1, -0.05) is 13.0 Å². The van der Waals surface area contributed by atoms with Crippen molar-refractivity contribution >= 4 is 28.9 Å². The molecule has 9 nitrogen and oxygen atoms in total. The summed E-state index contributed by atoms with van der Waals surface area (Å²) in [5.74, 6) is -0.0778. The quantitative estimate of drug-likeness (QED) is 0.590. The van der Waals surface area contributed by atoms with Gasteiger partial charge in [-0.3, -0.25) is 24.6 Å². The number of fused-ring (bicyclic) bond motifs is 1. The van der Waals surface area contributed by atoms with Crippen molar-refractivity contribution in [3.8, 4) is 11.5 Å². The number of nitrogens with zero attached hydrogens (tertiary/aromatic N) is 2.